The second-order valence-electron chi connectivity index (χ2n) is 24.8. The number of hydrogen-bond acceptors (Lipinski definition) is 16. The van der Waals surface area contributed by atoms with E-state index in [0.717, 1.165) is 72.7 Å². The summed E-state index contributed by atoms with van der Waals surface area (Å²) in [5.74, 6) is 0.627. The van der Waals surface area contributed by atoms with Crippen LogP contribution in [-0.2, 0) is 86.8 Å². The molecule has 2 aliphatic rings. The molecule has 2 atom stereocenters. The molecule has 18 heteroatoms. The molecule has 0 bridgehead atoms. The number of fused-ring (bicyclic) bond motifs is 2. The van der Waals surface area contributed by atoms with Crippen LogP contribution in [-0.4, -0.2) is 117 Å². The van der Waals surface area contributed by atoms with Crippen LogP contribution in [0.1, 0.15) is 156 Å². The lowest BCUT2D eigenvalue weighted by Crippen LogP contribution is -2.45. The average Bonchev–Trinajstić information content (AvgIpc) is 1.77. The predicted octanol–water partition coefficient (Wildman–Crippen LogP) is 12.5. The highest BCUT2D eigenvalue weighted by atomic mass is 16.6. The quantitative estimate of drug-likeness (QED) is 0.0351. The monoisotopic (exact) mass is 1190 g/mol. The maximum atomic E-state index is 13.4. The molecule has 0 aliphatic carbocycles. The maximum Gasteiger partial charge on any atom is 0.340 e. The number of aryl methyl sites for hydroxylation is 2. The number of nitrogens with zero attached hydrogens (tertiary/aromatic N) is 8. The van der Waals surface area contributed by atoms with E-state index >= 15 is 0 Å². The number of methoxy groups -OCH3 is 1. The van der Waals surface area contributed by atoms with Gasteiger partial charge >= 0.3 is 11.9 Å². The standard InChI is InChI=1S/C35H48N4O5.C34H46N4O5/c1-9-14-26-15-12-13-16-27(26)23-41-24-28-22-29-36-25(4)30(31(33(40)42-11-3)44-34(5,6)7)32(39(29)37-28)38-19-17-35(8,18-20-38)43-21-10-2;1-9-13-25-14-11-12-15-26(25)22-41-23-27-21-28-35-24(3)29(30(32(39)40-8)43-33(4,5)6)31(38(28)36-27)37-18-16-34(7,17-19-37)42-20-10-2/h9-10,12-13,15-16,22,31H,1-2,11,14,17-21,23-24H2,3-8H3;9-12,14-15,21,30H,1-2,13,16-20,22-23H2,3-8H3/t31-;30-/m00/s1. The molecule has 4 aromatic heterocycles. The van der Waals surface area contributed by atoms with E-state index in [9.17, 15) is 9.59 Å². The number of carbonyl (C=O) groups excluding carboxylic acids is 2. The zero-order chi connectivity index (χ0) is 63.1. The number of ether oxygens (including phenoxy) is 8. The molecule has 0 N–H and O–H groups in total. The molecule has 0 unspecified atom stereocenters. The molecule has 0 saturated carbocycles. The Kier molecular flexibility index (Phi) is 23.4. The second kappa shape index (κ2) is 30.2. The number of allylic oxidation sites excluding steroid dienone is 2. The van der Waals surface area contributed by atoms with Gasteiger partial charge in [0.05, 0.1) is 98.3 Å². The number of anilines is 2. The number of piperidine rings is 2. The topological polar surface area (TPSA) is 175 Å². The molecule has 0 spiro atoms. The van der Waals surface area contributed by atoms with Crippen LogP contribution in [0.2, 0.25) is 0 Å². The molecule has 0 radical (unpaired) electrons. The van der Waals surface area contributed by atoms with Gasteiger partial charge in [-0.3, -0.25) is 0 Å². The summed E-state index contributed by atoms with van der Waals surface area (Å²) in [4.78, 5) is 40.9. The minimum absolute atomic E-state index is 0.245. The largest absolute Gasteiger partial charge is 0.467 e. The number of benzene rings is 2. The van der Waals surface area contributed by atoms with Gasteiger partial charge in [0.1, 0.15) is 11.6 Å². The van der Waals surface area contributed by atoms with E-state index in [4.69, 9.17) is 58.1 Å². The fourth-order valence-corrected chi connectivity index (χ4v) is 11.0. The van der Waals surface area contributed by atoms with Gasteiger partial charge < -0.3 is 47.7 Å². The second-order valence-corrected chi connectivity index (χ2v) is 24.8. The van der Waals surface area contributed by atoms with E-state index in [-0.39, 0.29) is 17.8 Å². The van der Waals surface area contributed by atoms with Crippen molar-refractivity contribution in [3.05, 3.63) is 167 Å². The van der Waals surface area contributed by atoms with Crippen LogP contribution in [0.5, 0.6) is 0 Å². The molecule has 470 valence electrons. The third kappa shape index (κ3) is 17.8. The summed E-state index contributed by atoms with van der Waals surface area (Å²) in [6.07, 6.45) is 10.2. The number of carbonyl (C=O) groups is 2. The highest BCUT2D eigenvalue weighted by molar-refractivity contribution is 5.81. The van der Waals surface area contributed by atoms with Crippen LogP contribution in [0, 0.1) is 13.8 Å². The average molecular weight is 1200 g/mol. The van der Waals surface area contributed by atoms with Crippen molar-refractivity contribution >= 4 is 34.9 Å². The summed E-state index contributed by atoms with van der Waals surface area (Å²) in [6.45, 7) is 42.4. The van der Waals surface area contributed by atoms with Gasteiger partial charge in [0.15, 0.2) is 23.5 Å². The summed E-state index contributed by atoms with van der Waals surface area (Å²) in [5, 5.41) is 9.92. The highest BCUT2D eigenvalue weighted by Crippen LogP contribution is 2.40. The Morgan fingerprint density at radius 2 is 0.966 bits per heavy atom. The minimum Gasteiger partial charge on any atom is -0.467 e. The first-order valence-electron chi connectivity index (χ1n) is 30.4. The fourth-order valence-electron chi connectivity index (χ4n) is 11.0. The van der Waals surface area contributed by atoms with Crippen molar-refractivity contribution in [2.45, 2.75) is 176 Å². The highest BCUT2D eigenvalue weighted by Gasteiger charge is 2.40. The SMILES string of the molecule is C=CCOC1(C)CCN(c2c([C@H](OC(C)(C)C)C(=O)OC)c(C)nc3cc(COCc4ccccc4CC=C)nn23)CC1.C=CCOC1(C)CCN(c2c([C@H](OC(C)(C)C)C(=O)OCC)c(C)nc3cc(COCc4ccccc4CC=C)nn23)CC1. The first-order valence-corrected chi connectivity index (χ1v) is 30.4. The molecular weight excluding hydrogens is 1100 g/mol. The van der Waals surface area contributed by atoms with Crippen molar-refractivity contribution in [2.75, 3.05) is 62.9 Å². The number of hydrogen-bond donors (Lipinski definition) is 0. The Balaban J connectivity index is 0.000000249. The zero-order valence-electron chi connectivity index (χ0n) is 53.7. The van der Waals surface area contributed by atoms with Crippen molar-refractivity contribution in [3.63, 3.8) is 0 Å². The summed E-state index contributed by atoms with van der Waals surface area (Å²) >= 11 is 0. The fraction of sp³-hybridized carbons (Fsp3) is 0.507. The van der Waals surface area contributed by atoms with Crippen LogP contribution in [0.25, 0.3) is 11.3 Å². The molecule has 18 nitrogen and oxygen atoms in total. The normalized spacial score (nSPS) is 15.8. The molecule has 87 heavy (non-hydrogen) atoms. The summed E-state index contributed by atoms with van der Waals surface area (Å²) in [7, 11) is 1.38. The first-order chi connectivity index (χ1) is 41.5. The first kappa shape index (κ1) is 67.4. The van der Waals surface area contributed by atoms with Crippen molar-refractivity contribution in [1.82, 2.24) is 29.2 Å². The predicted molar refractivity (Wildman–Crippen MR) is 341 cm³/mol. The molecule has 2 aliphatic heterocycles. The van der Waals surface area contributed by atoms with Crippen LogP contribution in [0.4, 0.5) is 11.6 Å². The Morgan fingerprint density at radius 1 is 0.586 bits per heavy atom. The van der Waals surface area contributed by atoms with E-state index in [1.54, 1.807) is 19.1 Å². The van der Waals surface area contributed by atoms with E-state index in [1.807, 2.05) is 113 Å². The van der Waals surface area contributed by atoms with Crippen molar-refractivity contribution < 1.29 is 47.5 Å². The molecular formula is C69H94N8O10. The van der Waals surface area contributed by atoms with E-state index < -0.39 is 35.3 Å². The summed E-state index contributed by atoms with van der Waals surface area (Å²) in [5.41, 5.74) is 8.43. The van der Waals surface area contributed by atoms with Crippen LogP contribution in [0.3, 0.4) is 0 Å². The smallest absolute Gasteiger partial charge is 0.340 e. The Hall–Kier alpha value is -7.06. The van der Waals surface area contributed by atoms with Gasteiger partial charge in [0, 0.05) is 49.7 Å². The minimum atomic E-state index is -0.979. The van der Waals surface area contributed by atoms with Crippen LogP contribution in [0.15, 0.2) is 111 Å². The summed E-state index contributed by atoms with van der Waals surface area (Å²) < 4.78 is 51.7. The van der Waals surface area contributed by atoms with Crippen LogP contribution >= 0.6 is 0 Å². The van der Waals surface area contributed by atoms with Crippen molar-refractivity contribution in [1.29, 1.82) is 0 Å². The van der Waals surface area contributed by atoms with E-state index in [0.29, 0.717) is 99.6 Å². The van der Waals surface area contributed by atoms with Crippen molar-refractivity contribution in [2.24, 2.45) is 0 Å². The van der Waals surface area contributed by atoms with Gasteiger partial charge in [-0.15, -0.1) is 26.3 Å². The number of esters is 2. The van der Waals surface area contributed by atoms with Gasteiger partial charge in [-0.05, 0) is 137 Å². The van der Waals surface area contributed by atoms with E-state index in [1.165, 1.54) is 18.2 Å². The number of rotatable bonds is 27. The van der Waals surface area contributed by atoms with Gasteiger partial charge in [-0.1, -0.05) is 72.8 Å². The molecule has 8 rings (SSSR count). The van der Waals surface area contributed by atoms with Gasteiger partial charge in [-0.2, -0.15) is 19.2 Å². The van der Waals surface area contributed by atoms with Gasteiger partial charge in [-0.25, -0.2) is 19.6 Å². The number of aromatic nitrogens is 6. The Bertz CT molecular complexity index is 3320. The lowest BCUT2D eigenvalue weighted by molar-refractivity contribution is -0.167. The third-order valence-electron chi connectivity index (χ3n) is 15.4. The van der Waals surface area contributed by atoms with E-state index in [2.05, 4.69) is 74.2 Å². The molecule has 2 aromatic carbocycles. The van der Waals surface area contributed by atoms with Gasteiger partial charge in [0.2, 0.25) is 0 Å². The molecule has 6 heterocycles. The molecule has 2 fully saturated rings. The molecule has 2 saturated heterocycles. The zero-order valence-corrected chi connectivity index (χ0v) is 53.7. The lowest BCUT2D eigenvalue weighted by Gasteiger charge is -2.41. The van der Waals surface area contributed by atoms with Crippen molar-refractivity contribution in [3.8, 4) is 0 Å². The third-order valence-corrected chi connectivity index (χ3v) is 15.4. The lowest BCUT2D eigenvalue weighted by atomic mass is 9.92. The maximum absolute atomic E-state index is 13.4. The molecule has 0 amide bonds. The van der Waals surface area contributed by atoms with Gasteiger partial charge in [0.25, 0.3) is 0 Å². The molecule has 6 aromatic rings. The Morgan fingerprint density at radius 3 is 1.31 bits per heavy atom. The summed E-state index contributed by atoms with van der Waals surface area (Å²) in [6, 6.07) is 20.3. The van der Waals surface area contributed by atoms with Crippen LogP contribution < -0.4 is 9.80 Å². The Labute approximate surface area is 515 Å².